The number of nitrogens with zero attached hydrogens (tertiary/aromatic N) is 4. The smallest absolute Gasteiger partial charge is 0.151 e. The summed E-state index contributed by atoms with van der Waals surface area (Å²) in [4.78, 5) is 0. The first kappa shape index (κ1) is 8.43. The normalized spacial score (nSPS) is 11.6. The molecule has 14 heavy (non-hydrogen) atoms. The van der Waals surface area contributed by atoms with Crippen LogP contribution in [-0.2, 0) is 0 Å². The molecule has 5 heteroatoms. The van der Waals surface area contributed by atoms with E-state index in [9.17, 15) is 0 Å². The highest BCUT2D eigenvalue weighted by molar-refractivity contribution is 5.97. The summed E-state index contributed by atoms with van der Waals surface area (Å²) in [6.45, 7) is 0. The topological polar surface area (TPSA) is 69.1 Å². The summed E-state index contributed by atoms with van der Waals surface area (Å²) in [5.41, 5.74) is 6.64. The minimum absolute atomic E-state index is 0.436. The van der Waals surface area contributed by atoms with Gasteiger partial charge < -0.3 is 5.73 Å². The molecule has 0 aliphatic carbocycles. The Labute approximate surface area is 80.9 Å². The Kier molecular flexibility index (Phi) is 2.22. The maximum Gasteiger partial charge on any atom is 0.151 e. The third kappa shape index (κ3) is 1.77. The molecule has 70 valence electrons. The second-order valence-corrected chi connectivity index (χ2v) is 2.69. The van der Waals surface area contributed by atoms with Crippen molar-refractivity contribution < 1.29 is 0 Å². The van der Waals surface area contributed by atoms with Crippen LogP contribution in [0.3, 0.4) is 0 Å². The molecule has 0 radical (unpaired) electrons. The number of amidine groups is 1. The van der Waals surface area contributed by atoms with Crippen molar-refractivity contribution in [2.45, 2.75) is 0 Å². The van der Waals surface area contributed by atoms with Crippen molar-refractivity contribution in [3.05, 3.63) is 48.5 Å². The van der Waals surface area contributed by atoms with Gasteiger partial charge in [-0.05, 0) is 0 Å². The van der Waals surface area contributed by atoms with Crippen LogP contribution in [0.25, 0.3) is 0 Å². The molecule has 5 nitrogen and oxygen atoms in total. The van der Waals surface area contributed by atoms with Crippen molar-refractivity contribution in [1.29, 1.82) is 0 Å². The minimum Gasteiger partial charge on any atom is -0.382 e. The minimum atomic E-state index is 0.436. The summed E-state index contributed by atoms with van der Waals surface area (Å²) in [6.07, 6.45) is 2.96. The van der Waals surface area contributed by atoms with E-state index in [-0.39, 0.29) is 0 Å². The molecule has 0 saturated carbocycles. The number of hydrogen-bond acceptors (Lipinski definition) is 3. The Balaban J connectivity index is 2.29. The first-order valence-corrected chi connectivity index (χ1v) is 4.11. The molecule has 2 aromatic rings. The lowest BCUT2D eigenvalue weighted by molar-refractivity contribution is 0.869. The molecule has 0 amide bonds. The van der Waals surface area contributed by atoms with Crippen LogP contribution in [0.4, 0.5) is 0 Å². The quantitative estimate of drug-likeness (QED) is 0.548. The summed E-state index contributed by atoms with van der Waals surface area (Å²) in [5.74, 6) is 0.436. The lowest BCUT2D eigenvalue weighted by atomic mass is 10.2. The van der Waals surface area contributed by atoms with Gasteiger partial charge >= 0.3 is 0 Å². The fourth-order valence-electron chi connectivity index (χ4n) is 1.04. The van der Waals surface area contributed by atoms with Gasteiger partial charge in [-0.25, -0.2) is 4.68 Å². The van der Waals surface area contributed by atoms with E-state index in [2.05, 4.69) is 15.3 Å². The van der Waals surface area contributed by atoms with E-state index in [0.29, 0.717) is 5.84 Å². The van der Waals surface area contributed by atoms with Gasteiger partial charge in [-0.15, -0.1) is 15.3 Å². The van der Waals surface area contributed by atoms with E-state index in [1.807, 2.05) is 30.3 Å². The summed E-state index contributed by atoms with van der Waals surface area (Å²) in [6, 6.07) is 9.52. The predicted molar refractivity (Wildman–Crippen MR) is 52.6 cm³/mol. The van der Waals surface area contributed by atoms with Gasteiger partial charge in [0.1, 0.15) is 12.7 Å². The molecule has 0 aliphatic rings. The summed E-state index contributed by atoms with van der Waals surface area (Å²) < 4.78 is 1.46. The summed E-state index contributed by atoms with van der Waals surface area (Å²) in [7, 11) is 0. The first-order valence-electron chi connectivity index (χ1n) is 4.11. The van der Waals surface area contributed by atoms with Crippen LogP contribution in [-0.4, -0.2) is 20.7 Å². The zero-order valence-electron chi connectivity index (χ0n) is 7.41. The van der Waals surface area contributed by atoms with E-state index in [4.69, 9.17) is 5.73 Å². The van der Waals surface area contributed by atoms with Crippen molar-refractivity contribution in [2.75, 3.05) is 0 Å². The van der Waals surface area contributed by atoms with E-state index >= 15 is 0 Å². The molecule has 0 atom stereocenters. The van der Waals surface area contributed by atoms with E-state index < -0.39 is 0 Å². The third-order valence-corrected chi connectivity index (χ3v) is 1.70. The molecule has 1 heterocycles. The highest BCUT2D eigenvalue weighted by Crippen LogP contribution is 1.97. The van der Waals surface area contributed by atoms with Crippen LogP contribution < -0.4 is 5.73 Å². The molecule has 2 rings (SSSR count). The largest absolute Gasteiger partial charge is 0.382 e. The van der Waals surface area contributed by atoms with Gasteiger partial charge in [0.15, 0.2) is 5.84 Å². The van der Waals surface area contributed by atoms with Gasteiger partial charge in [0.25, 0.3) is 0 Å². The van der Waals surface area contributed by atoms with Gasteiger partial charge in [0, 0.05) is 5.56 Å². The SMILES string of the molecule is NC(=Nn1cnnc1)c1ccccc1. The third-order valence-electron chi connectivity index (χ3n) is 1.70. The molecule has 2 N–H and O–H groups in total. The fourth-order valence-corrected chi connectivity index (χ4v) is 1.04. The first-order chi connectivity index (χ1) is 6.86. The molecule has 0 unspecified atom stereocenters. The Morgan fingerprint density at radius 2 is 1.79 bits per heavy atom. The van der Waals surface area contributed by atoms with E-state index in [1.54, 1.807) is 0 Å². The van der Waals surface area contributed by atoms with Crippen LogP contribution in [0, 0.1) is 0 Å². The number of nitrogens with two attached hydrogens (primary N) is 1. The Morgan fingerprint density at radius 1 is 1.14 bits per heavy atom. The monoisotopic (exact) mass is 187 g/mol. The maximum absolute atomic E-state index is 5.76. The molecular formula is C9H9N5. The highest BCUT2D eigenvalue weighted by Gasteiger charge is 1.96. The molecule has 1 aromatic heterocycles. The molecular weight excluding hydrogens is 178 g/mol. The van der Waals surface area contributed by atoms with Crippen molar-refractivity contribution in [3.63, 3.8) is 0 Å². The Morgan fingerprint density at radius 3 is 2.43 bits per heavy atom. The average molecular weight is 187 g/mol. The van der Waals surface area contributed by atoms with Crippen molar-refractivity contribution in [2.24, 2.45) is 10.8 Å². The van der Waals surface area contributed by atoms with Crippen molar-refractivity contribution in [3.8, 4) is 0 Å². The molecule has 0 fully saturated rings. The Hall–Kier alpha value is -2.17. The van der Waals surface area contributed by atoms with E-state index in [1.165, 1.54) is 17.3 Å². The molecule has 0 aliphatic heterocycles. The second kappa shape index (κ2) is 3.69. The standard InChI is InChI=1S/C9H9N5/c10-9(8-4-2-1-3-5-8)13-14-6-11-12-7-14/h1-7H,(H2,10,13). The van der Waals surface area contributed by atoms with Crippen LogP contribution in [0.1, 0.15) is 5.56 Å². The molecule has 0 bridgehead atoms. The zero-order chi connectivity index (χ0) is 9.80. The van der Waals surface area contributed by atoms with Gasteiger partial charge in [0.2, 0.25) is 0 Å². The lowest BCUT2D eigenvalue weighted by Crippen LogP contribution is -2.14. The van der Waals surface area contributed by atoms with Gasteiger partial charge in [-0.3, -0.25) is 0 Å². The molecule has 0 spiro atoms. The predicted octanol–water partition coefficient (Wildman–Crippen LogP) is 0.447. The van der Waals surface area contributed by atoms with Crippen LogP contribution >= 0.6 is 0 Å². The van der Waals surface area contributed by atoms with E-state index in [0.717, 1.165) is 5.56 Å². The number of hydrogen-bond donors (Lipinski definition) is 1. The number of benzene rings is 1. The highest BCUT2D eigenvalue weighted by atomic mass is 15.4. The van der Waals surface area contributed by atoms with Crippen LogP contribution in [0.15, 0.2) is 48.1 Å². The maximum atomic E-state index is 5.76. The number of aromatic nitrogens is 3. The molecule has 0 saturated heterocycles. The van der Waals surface area contributed by atoms with Crippen molar-refractivity contribution >= 4 is 5.84 Å². The second-order valence-electron chi connectivity index (χ2n) is 2.69. The molecule has 1 aromatic carbocycles. The zero-order valence-corrected chi connectivity index (χ0v) is 7.41. The van der Waals surface area contributed by atoms with Crippen LogP contribution in [0.5, 0.6) is 0 Å². The summed E-state index contributed by atoms with van der Waals surface area (Å²) >= 11 is 0. The van der Waals surface area contributed by atoms with Gasteiger partial charge in [0.05, 0.1) is 0 Å². The lowest BCUT2D eigenvalue weighted by Gasteiger charge is -1.98. The van der Waals surface area contributed by atoms with Crippen molar-refractivity contribution in [1.82, 2.24) is 14.9 Å². The summed E-state index contributed by atoms with van der Waals surface area (Å²) in [5, 5.41) is 11.3. The number of rotatable bonds is 2. The average Bonchev–Trinajstić information content (AvgIpc) is 2.72. The van der Waals surface area contributed by atoms with Crippen LogP contribution in [0.2, 0.25) is 0 Å². The fraction of sp³-hybridized carbons (Fsp3) is 0. The Bertz CT molecular complexity index is 418. The van der Waals surface area contributed by atoms with Gasteiger partial charge in [-0.2, -0.15) is 0 Å². The van der Waals surface area contributed by atoms with Gasteiger partial charge in [-0.1, -0.05) is 30.3 Å².